The molecule has 2 rings (SSSR count). The van der Waals surface area contributed by atoms with Crippen LogP contribution in [0.5, 0.6) is 11.5 Å². The number of aromatic hydroxyl groups is 2. The highest BCUT2D eigenvalue weighted by Crippen LogP contribution is 2.22. The van der Waals surface area contributed by atoms with Crippen molar-refractivity contribution in [1.82, 2.24) is 5.32 Å². The summed E-state index contributed by atoms with van der Waals surface area (Å²) in [5.41, 5.74) is 0. The van der Waals surface area contributed by atoms with Gasteiger partial charge in [0.25, 0.3) is 0 Å². The molecule has 0 bridgehead atoms. The molecule has 0 aromatic heterocycles. The monoisotopic (exact) mass is 363 g/mol. The van der Waals surface area contributed by atoms with E-state index in [9.17, 15) is 15.0 Å². The van der Waals surface area contributed by atoms with E-state index in [0.29, 0.717) is 12.3 Å². The Kier molecular flexibility index (Phi) is 7.85. The second-order valence-electron chi connectivity index (χ2n) is 5.18. The Hall–Kier alpha value is -1.79. The Morgan fingerprint density at radius 3 is 1.96 bits per heavy atom. The van der Waals surface area contributed by atoms with E-state index in [1.54, 1.807) is 48.2 Å². The molecule has 128 valence electrons. The Morgan fingerprint density at radius 2 is 1.38 bits per heavy atom. The lowest BCUT2D eigenvalue weighted by Crippen LogP contribution is -2.26. The Balaban J connectivity index is 1.51. The second kappa shape index (κ2) is 10.2. The van der Waals surface area contributed by atoms with E-state index in [1.807, 2.05) is 12.1 Å². The fraction of sp³-hybridized carbons (Fsp3) is 0.278. The van der Waals surface area contributed by atoms with Crippen molar-refractivity contribution >= 4 is 29.4 Å². The van der Waals surface area contributed by atoms with Gasteiger partial charge in [-0.1, -0.05) is 0 Å². The molecule has 2 aromatic rings. The maximum absolute atomic E-state index is 11.8. The number of hydrogen-bond donors (Lipinski definition) is 3. The number of unbranched alkanes of at least 4 members (excludes halogenated alkanes) is 1. The van der Waals surface area contributed by atoms with E-state index in [-0.39, 0.29) is 17.4 Å². The number of nitrogens with one attached hydrogen (secondary N) is 1. The van der Waals surface area contributed by atoms with Crippen LogP contribution in [-0.4, -0.2) is 34.2 Å². The lowest BCUT2D eigenvalue weighted by Gasteiger charge is -2.06. The van der Waals surface area contributed by atoms with Crippen molar-refractivity contribution in [1.29, 1.82) is 0 Å². The highest BCUT2D eigenvalue weighted by Gasteiger charge is 2.02. The molecule has 0 aliphatic rings. The van der Waals surface area contributed by atoms with Crippen molar-refractivity contribution < 1.29 is 15.0 Å². The molecule has 0 aliphatic carbocycles. The van der Waals surface area contributed by atoms with E-state index in [4.69, 9.17) is 0 Å². The first-order valence-corrected chi connectivity index (χ1v) is 9.71. The highest BCUT2D eigenvalue weighted by molar-refractivity contribution is 8.00. The topological polar surface area (TPSA) is 69.6 Å². The molecule has 3 N–H and O–H groups in total. The van der Waals surface area contributed by atoms with E-state index in [0.717, 1.165) is 28.4 Å². The van der Waals surface area contributed by atoms with Crippen LogP contribution in [0.2, 0.25) is 0 Å². The number of amides is 1. The average molecular weight is 364 g/mol. The van der Waals surface area contributed by atoms with Crippen molar-refractivity contribution in [3.05, 3.63) is 48.5 Å². The van der Waals surface area contributed by atoms with Gasteiger partial charge in [0.2, 0.25) is 5.91 Å². The molecule has 6 heteroatoms. The summed E-state index contributed by atoms with van der Waals surface area (Å²) in [4.78, 5) is 13.9. The molecular weight excluding hydrogens is 342 g/mol. The van der Waals surface area contributed by atoms with E-state index < -0.39 is 0 Å². The Morgan fingerprint density at radius 1 is 0.833 bits per heavy atom. The minimum Gasteiger partial charge on any atom is -0.508 e. The predicted molar refractivity (Wildman–Crippen MR) is 99.9 cm³/mol. The van der Waals surface area contributed by atoms with Crippen LogP contribution in [0.1, 0.15) is 12.8 Å². The molecule has 2 aromatic carbocycles. The number of thioether (sulfide) groups is 2. The fourth-order valence-corrected chi connectivity index (χ4v) is 3.57. The summed E-state index contributed by atoms with van der Waals surface area (Å²) >= 11 is 3.20. The molecule has 1 amide bonds. The van der Waals surface area contributed by atoms with Gasteiger partial charge < -0.3 is 15.5 Å². The standard InChI is InChI=1S/C18H21NO3S2/c20-14-3-7-16(8-4-14)23-12-2-1-11-19-18(22)13-24-17-9-5-15(21)6-10-17/h3-10,20-21H,1-2,11-13H2,(H,19,22). The number of carbonyl (C=O) groups is 1. The third-order valence-electron chi connectivity index (χ3n) is 3.21. The minimum absolute atomic E-state index is 0.0271. The zero-order valence-electron chi connectivity index (χ0n) is 13.3. The zero-order chi connectivity index (χ0) is 17.2. The molecule has 0 atom stereocenters. The first-order chi connectivity index (χ1) is 11.6. The largest absolute Gasteiger partial charge is 0.508 e. The normalized spacial score (nSPS) is 10.5. The maximum atomic E-state index is 11.8. The molecule has 0 spiro atoms. The molecule has 0 heterocycles. The molecule has 0 radical (unpaired) electrons. The summed E-state index contributed by atoms with van der Waals surface area (Å²) in [6.45, 7) is 0.686. The summed E-state index contributed by atoms with van der Waals surface area (Å²) in [6, 6.07) is 14.0. The van der Waals surface area contributed by atoms with Gasteiger partial charge in [0.05, 0.1) is 5.75 Å². The zero-order valence-corrected chi connectivity index (χ0v) is 14.9. The summed E-state index contributed by atoms with van der Waals surface area (Å²) in [5.74, 6) is 1.91. The van der Waals surface area contributed by atoms with Crippen molar-refractivity contribution in [2.45, 2.75) is 22.6 Å². The molecule has 4 nitrogen and oxygen atoms in total. The van der Waals surface area contributed by atoms with Gasteiger partial charge in [0.15, 0.2) is 0 Å². The molecule has 0 fully saturated rings. The van der Waals surface area contributed by atoms with Crippen molar-refractivity contribution in [2.24, 2.45) is 0 Å². The van der Waals surface area contributed by atoms with Crippen molar-refractivity contribution in [3.63, 3.8) is 0 Å². The number of hydrogen-bond acceptors (Lipinski definition) is 5. The van der Waals surface area contributed by atoms with Crippen molar-refractivity contribution in [2.75, 3.05) is 18.1 Å². The number of rotatable bonds is 9. The lowest BCUT2D eigenvalue weighted by molar-refractivity contribution is -0.118. The van der Waals surface area contributed by atoms with Gasteiger partial charge in [-0.25, -0.2) is 0 Å². The lowest BCUT2D eigenvalue weighted by atomic mass is 10.3. The van der Waals surface area contributed by atoms with Crippen LogP contribution in [0.15, 0.2) is 58.3 Å². The van der Waals surface area contributed by atoms with Crippen LogP contribution in [0.3, 0.4) is 0 Å². The van der Waals surface area contributed by atoms with E-state index >= 15 is 0 Å². The van der Waals surface area contributed by atoms with Crippen LogP contribution in [0, 0.1) is 0 Å². The molecule has 24 heavy (non-hydrogen) atoms. The quantitative estimate of drug-likeness (QED) is 0.466. The predicted octanol–water partition coefficient (Wildman–Crippen LogP) is 3.88. The van der Waals surface area contributed by atoms with Crippen molar-refractivity contribution in [3.8, 4) is 11.5 Å². The maximum Gasteiger partial charge on any atom is 0.230 e. The molecule has 0 saturated heterocycles. The number of phenolic OH excluding ortho intramolecular Hbond substituents is 2. The van der Waals surface area contributed by atoms with Gasteiger partial charge in [-0.2, -0.15) is 0 Å². The Labute approximate surface area is 150 Å². The van der Waals surface area contributed by atoms with Gasteiger partial charge in [0.1, 0.15) is 11.5 Å². The summed E-state index contributed by atoms with van der Waals surface area (Å²) in [7, 11) is 0. The summed E-state index contributed by atoms with van der Waals surface area (Å²) in [5, 5.41) is 21.3. The molecule has 0 unspecified atom stereocenters. The first kappa shape index (κ1) is 18.5. The highest BCUT2D eigenvalue weighted by atomic mass is 32.2. The van der Waals surface area contributed by atoms with Gasteiger partial charge in [-0.15, -0.1) is 23.5 Å². The summed E-state index contributed by atoms with van der Waals surface area (Å²) < 4.78 is 0. The van der Waals surface area contributed by atoms with Crippen LogP contribution < -0.4 is 5.32 Å². The number of phenols is 2. The van der Waals surface area contributed by atoms with E-state index in [2.05, 4.69) is 5.32 Å². The van der Waals surface area contributed by atoms with Crippen LogP contribution in [0.4, 0.5) is 0 Å². The first-order valence-electron chi connectivity index (χ1n) is 7.74. The van der Waals surface area contributed by atoms with Crippen LogP contribution >= 0.6 is 23.5 Å². The Bertz CT molecular complexity index is 630. The SMILES string of the molecule is O=C(CSc1ccc(O)cc1)NCCCCSc1ccc(O)cc1. The molecule has 0 aliphatic heterocycles. The number of carbonyl (C=O) groups excluding carboxylic acids is 1. The minimum atomic E-state index is 0.0271. The van der Waals surface area contributed by atoms with Gasteiger partial charge >= 0.3 is 0 Å². The summed E-state index contributed by atoms with van der Waals surface area (Å²) in [6.07, 6.45) is 1.97. The fourth-order valence-electron chi connectivity index (χ4n) is 1.93. The van der Waals surface area contributed by atoms with Crippen LogP contribution in [0.25, 0.3) is 0 Å². The third-order valence-corrected chi connectivity index (χ3v) is 5.32. The molecule has 0 saturated carbocycles. The van der Waals surface area contributed by atoms with Crippen LogP contribution in [-0.2, 0) is 4.79 Å². The van der Waals surface area contributed by atoms with Gasteiger partial charge in [-0.3, -0.25) is 4.79 Å². The second-order valence-corrected chi connectivity index (χ2v) is 7.40. The van der Waals surface area contributed by atoms with E-state index in [1.165, 1.54) is 11.8 Å². The number of benzene rings is 2. The van der Waals surface area contributed by atoms with Gasteiger partial charge in [0, 0.05) is 16.3 Å². The smallest absolute Gasteiger partial charge is 0.230 e. The average Bonchev–Trinajstić information content (AvgIpc) is 2.59. The molecular formula is C18H21NO3S2. The third kappa shape index (κ3) is 7.19. The van der Waals surface area contributed by atoms with Gasteiger partial charge in [-0.05, 0) is 67.1 Å².